The summed E-state index contributed by atoms with van der Waals surface area (Å²) in [5.74, 6) is 0.675. The number of nitrogen functional groups attached to an aromatic ring is 1. The number of anilines is 3. The van der Waals surface area contributed by atoms with Crippen molar-refractivity contribution >= 4 is 27.8 Å². The Labute approximate surface area is 124 Å². The summed E-state index contributed by atoms with van der Waals surface area (Å²) in [6.45, 7) is 0. The second-order valence-corrected chi connectivity index (χ2v) is 6.38. The molecule has 2 aromatic rings. The van der Waals surface area contributed by atoms with E-state index in [0.29, 0.717) is 5.92 Å². The van der Waals surface area contributed by atoms with Crippen LogP contribution in [0.4, 0.5) is 16.5 Å². The lowest BCUT2D eigenvalue weighted by molar-refractivity contribution is 0.438. The molecule has 1 aromatic heterocycles. The minimum absolute atomic E-state index is 0.675. The summed E-state index contributed by atoms with van der Waals surface area (Å²) >= 11 is 1.73. The second kappa shape index (κ2) is 5.83. The van der Waals surface area contributed by atoms with Gasteiger partial charge in [0.15, 0.2) is 5.13 Å². The van der Waals surface area contributed by atoms with Gasteiger partial charge in [-0.25, -0.2) is 4.98 Å². The Hall–Kier alpha value is -1.55. The van der Waals surface area contributed by atoms with Gasteiger partial charge in [-0.2, -0.15) is 0 Å². The molecule has 0 bridgehead atoms. The molecule has 0 saturated heterocycles. The maximum atomic E-state index is 5.74. The zero-order valence-corrected chi connectivity index (χ0v) is 12.7. The number of nitrogens with zero attached hydrogens (tertiary/aromatic N) is 2. The van der Waals surface area contributed by atoms with Crippen LogP contribution in [0.15, 0.2) is 29.6 Å². The van der Waals surface area contributed by atoms with E-state index in [0.717, 1.165) is 16.5 Å². The number of thiazole rings is 1. The molecule has 1 aromatic carbocycles. The lowest BCUT2D eigenvalue weighted by atomic mass is 9.87. The Balaban J connectivity index is 1.76. The van der Waals surface area contributed by atoms with Crippen LogP contribution in [0.25, 0.3) is 0 Å². The van der Waals surface area contributed by atoms with Gasteiger partial charge in [0.2, 0.25) is 0 Å². The smallest absolute Gasteiger partial charge is 0.189 e. The van der Waals surface area contributed by atoms with Gasteiger partial charge in [0, 0.05) is 29.7 Å². The van der Waals surface area contributed by atoms with Crippen molar-refractivity contribution in [1.82, 2.24) is 4.98 Å². The molecule has 3 rings (SSSR count). The van der Waals surface area contributed by atoms with Crippen LogP contribution in [0.5, 0.6) is 0 Å². The highest BCUT2D eigenvalue weighted by molar-refractivity contribution is 7.13. The minimum atomic E-state index is 0.675. The van der Waals surface area contributed by atoms with Gasteiger partial charge in [-0.15, -0.1) is 11.3 Å². The number of hydrogen-bond donors (Lipinski definition) is 1. The fraction of sp³-hybridized carbons (Fsp3) is 0.438. The molecular formula is C16H21N3S. The third-order valence-electron chi connectivity index (χ3n) is 4.10. The molecule has 1 heterocycles. The summed E-state index contributed by atoms with van der Waals surface area (Å²) in [7, 11) is 2.06. The molecule has 1 aliphatic carbocycles. The largest absolute Gasteiger partial charge is 0.399 e. The maximum Gasteiger partial charge on any atom is 0.189 e. The zero-order valence-electron chi connectivity index (χ0n) is 11.9. The Morgan fingerprint density at radius 1 is 1.15 bits per heavy atom. The van der Waals surface area contributed by atoms with Crippen molar-refractivity contribution in [3.8, 4) is 0 Å². The first-order chi connectivity index (χ1) is 9.74. The number of rotatable bonds is 3. The van der Waals surface area contributed by atoms with Gasteiger partial charge >= 0.3 is 0 Å². The summed E-state index contributed by atoms with van der Waals surface area (Å²) in [6.07, 6.45) is 6.69. The topological polar surface area (TPSA) is 42.1 Å². The highest BCUT2D eigenvalue weighted by Crippen LogP contribution is 2.36. The predicted molar refractivity (Wildman–Crippen MR) is 86.9 cm³/mol. The third kappa shape index (κ3) is 2.80. The molecule has 0 unspecified atom stereocenters. The van der Waals surface area contributed by atoms with Gasteiger partial charge in [0.05, 0.1) is 5.69 Å². The molecule has 4 heteroatoms. The van der Waals surface area contributed by atoms with E-state index in [4.69, 9.17) is 10.7 Å². The normalized spacial score (nSPS) is 16.2. The van der Waals surface area contributed by atoms with Crippen molar-refractivity contribution in [1.29, 1.82) is 0 Å². The number of nitrogens with two attached hydrogens (primary N) is 1. The van der Waals surface area contributed by atoms with Crippen LogP contribution in [0, 0.1) is 0 Å². The highest BCUT2D eigenvalue weighted by atomic mass is 32.1. The first kappa shape index (κ1) is 13.4. The molecule has 1 fully saturated rings. The molecule has 0 radical (unpaired) electrons. The lowest BCUT2D eigenvalue weighted by Gasteiger charge is -2.20. The van der Waals surface area contributed by atoms with Crippen molar-refractivity contribution in [3.63, 3.8) is 0 Å². The molecule has 1 saturated carbocycles. The van der Waals surface area contributed by atoms with E-state index in [1.54, 1.807) is 11.3 Å². The molecule has 0 atom stereocenters. The van der Waals surface area contributed by atoms with E-state index in [1.165, 1.54) is 37.8 Å². The Morgan fingerprint density at radius 3 is 2.55 bits per heavy atom. The summed E-state index contributed by atoms with van der Waals surface area (Å²) in [5, 5.41) is 3.30. The van der Waals surface area contributed by atoms with E-state index < -0.39 is 0 Å². The lowest BCUT2D eigenvalue weighted by Crippen LogP contribution is -2.10. The number of hydrogen-bond acceptors (Lipinski definition) is 4. The quantitative estimate of drug-likeness (QED) is 0.843. The van der Waals surface area contributed by atoms with Crippen molar-refractivity contribution in [2.24, 2.45) is 0 Å². The standard InChI is InChI=1S/C16H21N3S/c1-19(14-9-7-13(17)8-10-14)16-18-15(11-20-16)12-5-3-2-4-6-12/h7-12H,2-6,17H2,1H3. The Kier molecular flexibility index (Phi) is 3.92. The van der Waals surface area contributed by atoms with Crippen LogP contribution < -0.4 is 10.6 Å². The Morgan fingerprint density at radius 2 is 1.85 bits per heavy atom. The minimum Gasteiger partial charge on any atom is -0.399 e. The van der Waals surface area contributed by atoms with Gasteiger partial charge in [-0.1, -0.05) is 19.3 Å². The molecule has 3 nitrogen and oxygen atoms in total. The SMILES string of the molecule is CN(c1ccc(N)cc1)c1nc(C2CCCCC2)cs1. The number of aromatic nitrogens is 1. The van der Waals surface area contributed by atoms with Crippen molar-refractivity contribution in [3.05, 3.63) is 35.3 Å². The van der Waals surface area contributed by atoms with E-state index >= 15 is 0 Å². The van der Waals surface area contributed by atoms with Gasteiger partial charge in [-0.3, -0.25) is 0 Å². The summed E-state index contributed by atoms with van der Waals surface area (Å²) in [5.41, 5.74) is 8.94. The average molecular weight is 287 g/mol. The van der Waals surface area contributed by atoms with Crippen molar-refractivity contribution in [2.75, 3.05) is 17.7 Å². The van der Waals surface area contributed by atoms with Crippen LogP contribution >= 0.6 is 11.3 Å². The second-order valence-electron chi connectivity index (χ2n) is 5.54. The van der Waals surface area contributed by atoms with Gasteiger partial charge < -0.3 is 10.6 Å². The molecule has 1 aliphatic rings. The van der Waals surface area contributed by atoms with Crippen LogP contribution in [0.1, 0.15) is 43.7 Å². The summed E-state index contributed by atoms with van der Waals surface area (Å²) in [6, 6.07) is 7.94. The van der Waals surface area contributed by atoms with Gasteiger partial charge in [0.25, 0.3) is 0 Å². The molecule has 106 valence electrons. The summed E-state index contributed by atoms with van der Waals surface area (Å²) < 4.78 is 0. The monoisotopic (exact) mass is 287 g/mol. The third-order valence-corrected chi connectivity index (χ3v) is 5.04. The highest BCUT2D eigenvalue weighted by Gasteiger charge is 2.19. The predicted octanol–water partition coefficient (Wildman–Crippen LogP) is 4.54. The van der Waals surface area contributed by atoms with Crippen LogP contribution in [-0.4, -0.2) is 12.0 Å². The fourth-order valence-corrected chi connectivity index (χ4v) is 3.72. The molecular weight excluding hydrogens is 266 g/mol. The van der Waals surface area contributed by atoms with E-state index in [9.17, 15) is 0 Å². The van der Waals surface area contributed by atoms with Crippen LogP contribution in [0.3, 0.4) is 0 Å². The zero-order chi connectivity index (χ0) is 13.9. The molecule has 20 heavy (non-hydrogen) atoms. The van der Waals surface area contributed by atoms with Gasteiger partial charge in [0.1, 0.15) is 0 Å². The Bertz CT molecular complexity index is 555. The average Bonchev–Trinajstić information content (AvgIpc) is 2.98. The van der Waals surface area contributed by atoms with E-state index in [2.05, 4.69) is 17.3 Å². The van der Waals surface area contributed by atoms with Crippen LogP contribution in [-0.2, 0) is 0 Å². The van der Waals surface area contributed by atoms with Crippen molar-refractivity contribution < 1.29 is 0 Å². The number of benzene rings is 1. The van der Waals surface area contributed by atoms with Gasteiger partial charge in [-0.05, 0) is 37.1 Å². The molecule has 2 N–H and O–H groups in total. The first-order valence-electron chi connectivity index (χ1n) is 7.29. The molecule has 0 aliphatic heterocycles. The maximum absolute atomic E-state index is 5.74. The summed E-state index contributed by atoms with van der Waals surface area (Å²) in [4.78, 5) is 6.98. The van der Waals surface area contributed by atoms with E-state index in [1.807, 2.05) is 24.3 Å². The van der Waals surface area contributed by atoms with Crippen molar-refractivity contribution in [2.45, 2.75) is 38.0 Å². The van der Waals surface area contributed by atoms with E-state index in [-0.39, 0.29) is 0 Å². The molecule has 0 amide bonds. The van der Waals surface area contributed by atoms with Crippen LogP contribution in [0.2, 0.25) is 0 Å². The fourth-order valence-electron chi connectivity index (χ4n) is 2.82. The molecule has 0 spiro atoms. The first-order valence-corrected chi connectivity index (χ1v) is 8.17.